The van der Waals surface area contributed by atoms with Crippen molar-refractivity contribution in [1.29, 1.82) is 0 Å². The highest BCUT2D eigenvalue weighted by Gasteiger charge is 2.43. The van der Waals surface area contributed by atoms with E-state index >= 15 is 0 Å². The summed E-state index contributed by atoms with van der Waals surface area (Å²) >= 11 is 0. The van der Waals surface area contributed by atoms with Crippen molar-refractivity contribution in [3.05, 3.63) is 16.7 Å². The van der Waals surface area contributed by atoms with E-state index in [0.29, 0.717) is 0 Å². The van der Waals surface area contributed by atoms with Crippen molar-refractivity contribution in [1.82, 2.24) is 9.55 Å². The molecule has 19 heavy (non-hydrogen) atoms. The summed E-state index contributed by atoms with van der Waals surface area (Å²) in [5.41, 5.74) is 7.06. The number of nitrogen functional groups attached to an aromatic ring is 2. The van der Waals surface area contributed by atoms with Crippen LogP contribution in [-0.2, 0) is 4.74 Å². The third-order valence-electron chi connectivity index (χ3n) is 2.91. The van der Waals surface area contributed by atoms with E-state index in [0.717, 1.165) is 4.57 Å². The molecule has 1 aromatic heterocycles. The van der Waals surface area contributed by atoms with Crippen LogP contribution in [0.5, 0.6) is 0 Å². The lowest BCUT2D eigenvalue weighted by Gasteiger charge is -2.18. The van der Waals surface area contributed by atoms with Crippen LogP contribution in [0.25, 0.3) is 0 Å². The highest BCUT2D eigenvalue weighted by molar-refractivity contribution is 5.58. The van der Waals surface area contributed by atoms with Gasteiger partial charge in [-0.3, -0.25) is 4.57 Å². The van der Waals surface area contributed by atoms with Gasteiger partial charge in [0, 0.05) is 6.20 Å². The Morgan fingerprint density at radius 3 is 2.68 bits per heavy atom. The maximum absolute atomic E-state index is 11.8. The van der Waals surface area contributed by atoms with E-state index in [2.05, 4.69) is 10.4 Å². The Labute approximate surface area is 107 Å². The summed E-state index contributed by atoms with van der Waals surface area (Å²) in [6.45, 7) is -0.491. The van der Waals surface area contributed by atoms with Crippen LogP contribution in [-0.4, -0.2) is 49.8 Å². The summed E-state index contributed by atoms with van der Waals surface area (Å²) in [5, 5.41) is 28.4. The van der Waals surface area contributed by atoms with Crippen LogP contribution in [0.2, 0.25) is 0 Å². The smallest absolute Gasteiger partial charge is 0.351 e. The minimum Gasteiger partial charge on any atom is -0.394 e. The zero-order valence-corrected chi connectivity index (χ0v) is 9.80. The number of aromatic nitrogens is 2. The zero-order chi connectivity index (χ0) is 14.2. The van der Waals surface area contributed by atoms with Crippen molar-refractivity contribution in [2.75, 3.05) is 17.8 Å². The van der Waals surface area contributed by atoms with Crippen molar-refractivity contribution in [3.63, 3.8) is 0 Å². The number of aliphatic hydroxyl groups is 3. The molecule has 1 aliphatic heterocycles. The van der Waals surface area contributed by atoms with Crippen LogP contribution in [0, 0.1) is 0 Å². The number of nitrogens with one attached hydrogen (secondary N) is 1. The number of nitrogens with two attached hydrogens (primary N) is 2. The lowest BCUT2D eigenvalue weighted by molar-refractivity contribution is -0.0548. The number of aliphatic hydroxyl groups excluding tert-OH is 3. The van der Waals surface area contributed by atoms with Gasteiger partial charge in [-0.25, -0.2) is 10.6 Å². The monoisotopic (exact) mass is 273 g/mol. The molecule has 106 valence electrons. The fourth-order valence-electron chi connectivity index (χ4n) is 1.89. The highest BCUT2D eigenvalue weighted by Crippen LogP contribution is 2.28. The molecule has 0 unspecified atom stereocenters. The van der Waals surface area contributed by atoms with Gasteiger partial charge in [0.1, 0.15) is 18.3 Å². The van der Waals surface area contributed by atoms with Crippen LogP contribution in [0.1, 0.15) is 6.23 Å². The van der Waals surface area contributed by atoms with Crippen molar-refractivity contribution in [2.45, 2.75) is 24.5 Å². The molecule has 0 aromatic carbocycles. The van der Waals surface area contributed by atoms with Crippen molar-refractivity contribution >= 4 is 11.5 Å². The van der Waals surface area contributed by atoms with Gasteiger partial charge in [0.15, 0.2) is 12.0 Å². The van der Waals surface area contributed by atoms with Crippen molar-refractivity contribution in [3.8, 4) is 0 Å². The molecule has 10 heteroatoms. The Kier molecular flexibility index (Phi) is 3.68. The van der Waals surface area contributed by atoms with E-state index in [1.807, 2.05) is 0 Å². The van der Waals surface area contributed by atoms with Gasteiger partial charge in [-0.05, 0) is 0 Å². The zero-order valence-electron chi connectivity index (χ0n) is 9.80. The van der Waals surface area contributed by atoms with Gasteiger partial charge in [-0.2, -0.15) is 4.98 Å². The Bertz CT molecular complexity index is 520. The molecule has 8 N–H and O–H groups in total. The first-order valence-electron chi connectivity index (χ1n) is 5.47. The maximum atomic E-state index is 11.8. The molecule has 1 saturated heterocycles. The summed E-state index contributed by atoms with van der Waals surface area (Å²) in [5.74, 6) is 5.12. The third kappa shape index (κ3) is 2.27. The summed E-state index contributed by atoms with van der Waals surface area (Å²) < 4.78 is 6.13. The van der Waals surface area contributed by atoms with Gasteiger partial charge in [0.05, 0.1) is 12.3 Å². The maximum Gasteiger partial charge on any atom is 0.351 e. The molecule has 4 atom stereocenters. The van der Waals surface area contributed by atoms with E-state index in [1.54, 1.807) is 0 Å². The fraction of sp³-hybridized carbons (Fsp3) is 0.556. The van der Waals surface area contributed by atoms with E-state index in [1.165, 1.54) is 6.20 Å². The average Bonchev–Trinajstić information content (AvgIpc) is 2.68. The number of hydrogen-bond donors (Lipinski definition) is 6. The predicted octanol–water partition coefficient (Wildman–Crippen LogP) is -3.28. The van der Waals surface area contributed by atoms with Gasteiger partial charge in [-0.1, -0.05) is 0 Å². The fourth-order valence-corrected chi connectivity index (χ4v) is 1.89. The molecule has 10 nitrogen and oxygen atoms in total. The second kappa shape index (κ2) is 5.11. The van der Waals surface area contributed by atoms with Crippen LogP contribution in [0.15, 0.2) is 11.0 Å². The van der Waals surface area contributed by atoms with E-state index in [-0.39, 0.29) is 11.5 Å². The Hall–Kier alpha value is -1.72. The molecular weight excluding hydrogens is 258 g/mol. The lowest BCUT2D eigenvalue weighted by Crippen LogP contribution is -2.36. The Morgan fingerprint density at radius 2 is 2.16 bits per heavy atom. The molecular formula is C9H15N5O5. The molecule has 1 aliphatic rings. The Morgan fingerprint density at radius 1 is 1.47 bits per heavy atom. The van der Waals surface area contributed by atoms with E-state index in [9.17, 15) is 15.0 Å². The first-order valence-corrected chi connectivity index (χ1v) is 5.47. The minimum atomic E-state index is -1.38. The summed E-state index contributed by atoms with van der Waals surface area (Å²) in [6.07, 6.45) is -3.67. The number of rotatable bonds is 3. The van der Waals surface area contributed by atoms with Gasteiger partial charge in [-0.15, -0.1) is 0 Å². The first-order chi connectivity index (χ1) is 8.99. The molecule has 0 bridgehead atoms. The van der Waals surface area contributed by atoms with Crippen molar-refractivity contribution in [2.24, 2.45) is 5.84 Å². The lowest BCUT2D eigenvalue weighted by atomic mass is 10.1. The second-order valence-electron chi connectivity index (χ2n) is 4.11. The standard InChI is InChI=1S/C9H15N5O5/c10-3-1-14(9(18)12-7(3)13-11)8-6(17)5(16)4(2-15)19-8/h1,4-6,8,15-17H,2,10-11H2,(H,12,13,18)/t4-,5-,6-,8-/m1/s1. The molecule has 0 aliphatic carbocycles. The molecule has 0 amide bonds. The summed E-state index contributed by atoms with van der Waals surface area (Å²) in [6, 6.07) is 0. The summed E-state index contributed by atoms with van der Waals surface area (Å²) in [4.78, 5) is 15.3. The molecule has 1 fully saturated rings. The molecule has 0 radical (unpaired) electrons. The summed E-state index contributed by atoms with van der Waals surface area (Å²) in [7, 11) is 0. The third-order valence-corrected chi connectivity index (χ3v) is 2.91. The SMILES string of the molecule is NNc1nc(=O)n([C@@H]2O[C@H](CO)[C@@H](O)[C@H]2O)cc1N. The van der Waals surface area contributed by atoms with E-state index in [4.69, 9.17) is 21.4 Å². The number of hydrogen-bond acceptors (Lipinski definition) is 9. The number of ether oxygens (including phenoxy) is 1. The average molecular weight is 273 g/mol. The molecule has 2 rings (SSSR count). The molecule has 1 aromatic rings. The normalized spacial score (nSPS) is 30.5. The molecule has 0 saturated carbocycles. The van der Waals surface area contributed by atoms with Crippen LogP contribution >= 0.6 is 0 Å². The van der Waals surface area contributed by atoms with Gasteiger partial charge in [0.2, 0.25) is 0 Å². The molecule has 2 heterocycles. The topological polar surface area (TPSA) is 169 Å². The van der Waals surface area contributed by atoms with Crippen molar-refractivity contribution < 1.29 is 20.1 Å². The predicted molar refractivity (Wildman–Crippen MR) is 63.7 cm³/mol. The van der Waals surface area contributed by atoms with Crippen LogP contribution in [0.4, 0.5) is 11.5 Å². The van der Waals surface area contributed by atoms with Crippen LogP contribution < -0.4 is 22.7 Å². The first kappa shape index (κ1) is 13.7. The number of anilines is 2. The highest BCUT2D eigenvalue weighted by atomic mass is 16.6. The number of nitrogens with zero attached hydrogens (tertiary/aromatic N) is 2. The largest absolute Gasteiger partial charge is 0.394 e. The molecule has 0 spiro atoms. The second-order valence-corrected chi connectivity index (χ2v) is 4.11. The van der Waals surface area contributed by atoms with Gasteiger partial charge < -0.3 is 31.2 Å². The minimum absolute atomic E-state index is 0.00649. The Balaban J connectivity index is 2.38. The van der Waals surface area contributed by atoms with Crippen LogP contribution in [0.3, 0.4) is 0 Å². The number of hydrazine groups is 1. The van der Waals surface area contributed by atoms with E-state index < -0.39 is 36.8 Å². The van der Waals surface area contributed by atoms with Gasteiger partial charge >= 0.3 is 5.69 Å². The van der Waals surface area contributed by atoms with Gasteiger partial charge in [0.25, 0.3) is 0 Å². The quantitative estimate of drug-likeness (QED) is 0.244.